The second-order valence-electron chi connectivity index (χ2n) is 5.82. The number of aliphatic hydroxyl groups is 1. The number of benzene rings is 1. The fraction of sp³-hybridized carbons (Fsp3) is 0.353. The first-order valence-electron chi connectivity index (χ1n) is 7.28. The molecule has 3 heteroatoms. The standard InChI is InChI=1S/C17H18N2O/c20-17-11-19-8-6-13(17)10-14(19)9-12-5-7-18-16-4-2-1-3-15(12)16/h1-5,7,9,13,17,20H,6,8,10-11H2/b14-9+. The Labute approximate surface area is 118 Å². The van der Waals surface area contributed by atoms with E-state index in [9.17, 15) is 5.11 Å². The molecule has 0 amide bonds. The molecular formula is C17H18N2O. The topological polar surface area (TPSA) is 36.4 Å². The van der Waals surface area contributed by atoms with E-state index >= 15 is 0 Å². The van der Waals surface area contributed by atoms with Gasteiger partial charge in [-0.1, -0.05) is 18.2 Å². The zero-order valence-electron chi connectivity index (χ0n) is 11.4. The lowest BCUT2D eigenvalue weighted by Gasteiger charge is -2.45. The van der Waals surface area contributed by atoms with Crippen molar-refractivity contribution in [2.75, 3.05) is 13.1 Å². The lowest BCUT2D eigenvalue weighted by molar-refractivity contribution is 0.00257. The van der Waals surface area contributed by atoms with Crippen LogP contribution in [0.15, 0.2) is 42.2 Å². The Kier molecular flexibility index (Phi) is 2.74. The Hall–Kier alpha value is -1.87. The van der Waals surface area contributed by atoms with Crippen LogP contribution in [-0.2, 0) is 0 Å². The molecule has 3 aliphatic heterocycles. The van der Waals surface area contributed by atoms with E-state index in [2.05, 4.69) is 40.2 Å². The first kappa shape index (κ1) is 11.9. The van der Waals surface area contributed by atoms with Gasteiger partial charge in [0.05, 0.1) is 11.6 Å². The van der Waals surface area contributed by atoms with E-state index in [0.717, 1.165) is 31.4 Å². The molecule has 3 fully saturated rings. The van der Waals surface area contributed by atoms with Gasteiger partial charge >= 0.3 is 0 Å². The summed E-state index contributed by atoms with van der Waals surface area (Å²) in [4.78, 5) is 6.75. The number of allylic oxidation sites excluding steroid dienone is 1. The molecule has 20 heavy (non-hydrogen) atoms. The van der Waals surface area contributed by atoms with Crippen LogP contribution in [0.4, 0.5) is 0 Å². The fourth-order valence-corrected chi connectivity index (χ4v) is 3.45. The van der Waals surface area contributed by atoms with Crippen LogP contribution in [0.1, 0.15) is 18.4 Å². The minimum Gasteiger partial charge on any atom is -0.391 e. The van der Waals surface area contributed by atoms with Crippen LogP contribution in [0.2, 0.25) is 0 Å². The summed E-state index contributed by atoms with van der Waals surface area (Å²) in [5.41, 5.74) is 3.63. The Morgan fingerprint density at radius 2 is 2.15 bits per heavy atom. The maximum Gasteiger partial charge on any atom is 0.0747 e. The molecule has 1 N–H and O–H groups in total. The highest BCUT2D eigenvalue weighted by Gasteiger charge is 2.35. The van der Waals surface area contributed by atoms with Gasteiger partial charge in [-0.25, -0.2) is 0 Å². The molecule has 102 valence electrons. The Bertz CT molecular complexity index is 674. The van der Waals surface area contributed by atoms with Crippen molar-refractivity contribution in [1.82, 2.24) is 9.88 Å². The summed E-state index contributed by atoms with van der Waals surface area (Å²) in [6.45, 7) is 1.87. The van der Waals surface area contributed by atoms with E-state index in [-0.39, 0.29) is 6.10 Å². The normalized spacial score (nSPS) is 27.4. The zero-order chi connectivity index (χ0) is 13.5. The van der Waals surface area contributed by atoms with Crippen LogP contribution < -0.4 is 0 Å². The molecule has 3 aliphatic rings. The van der Waals surface area contributed by atoms with E-state index in [1.54, 1.807) is 0 Å². The molecule has 0 saturated carbocycles. The lowest BCUT2D eigenvalue weighted by atomic mass is 9.83. The number of aliphatic hydroxyl groups excluding tert-OH is 1. The summed E-state index contributed by atoms with van der Waals surface area (Å²) >= 11 is 0. The third-order valence-corrected chi connectivity index (χ3v) is 4.60. The smallest absolute Gasteiger partial charge is 0.0747 e. The summed E-state index contributed by atoms with van der Waals surface area (Å²) in [6, 6.07) is 10.3. The van der Waals surface area contributed by atoms with Crippen LogP contribution >= 0.6 is 0 Å². The summed E-state index contributed by atoms with van der Waals surface area (Å²) in [7, 11) is 0. The zero-order valence-corrected chi connectivity index (χ0v) is 11.4. The fourth-order valence-electron chi connectivity index (χ4n) is 3.45. The van der Waals surface area contributed by atoms with Crippen LogP contribution in [0, 0.1) is 5.92 Å². The van der Waals surface area contributed by atoms with Gasteiger partial charge in [0.1, 0.15) is 0 Å². The second kappa shape index (κ2) is 4.60. The third-order valence-electron chi connectivity index (χ3n) is 4.60. The minimum absolute atomic E-state index is 0.143. The van der Waals surface area contributed by atoms with Crippen molar-refractivity contribution in [2.24, 2.45) is 5.92 Å². The summed E-state index contributed by atoms with van der Waals surface area (Å²) < 4.78 is 0. The number of fused-ring (bicyclic) bond motifs is 4. The Balaban J connectivity index is 1.76. The molecule has 5 rings (SSSR count). The van der Waals surface area contributed by atoms with E-state index in [0.29, 0.717) is 5.92 Å². The predicted octanol–water partition coefficient (Wildman–Crippen LogP) is 2.66. The molecule has 2 aromatic rings. The number of rotatable bonds is 1. The molecule has 1 aromatic heterocycles. The van der Waals surface area contributed by atoms with Crippen molar-refractivity contribution in [2.45, 2.75) is 18.9 Å². The Morgan fingerprint density at radius 3 is 2.95 bits per heavy atom. The quantitative estimate of drug-likeness (QED) is 0.862. The summed E-state index contributed by atoms with van der Waals surface area (Å²) in [6.07, 6.45) is 6.13. The molecule has 2 bridgehead atoms. The van der Waals surface area contributed by atoms with Gasteiger partial charge in [0.25, 0.3) is 0 Å². The third kappa shape index (κ3) is 1.90. The molecule has 3 saturated heterocycles. The molecule has 0 spiro atoms. The average molecular weight is 266 g/mol. The maximum atomic E-state index is 9.98. The molecule has 2 atom stereocenters. The van der Waals surface area contributed by atoms with Gasteiger partial charge in [-0.05, 0) is 42.5 Å². The number of nitrogens with zero attached hydrogens (tertiary/aromatic N) is 2. The van der Waals surface area contributed by atoms with Crippen LogP contribution in [0.5, 0.6) is 0 Å². The van der Waals surface area contributed by atoms with Gasteiger partial charge < -0.3 is 10.0 Å². The van der Waals surface area contributed by atoms with E-state index in [1.165, 1.54) is 16.6 Å². The highest BCUT2D eigenvalue weighted by Crippen LogP contribution is 2.36. The monoisotopic (exact) mass is 266 g/mol. The summed E-state index contributed by atoms with van der Waals surface area (Å²) in [5.74, 6) is 0.444. The van der Waals surface area contributed by atoms with Crippen molar-refractivity contribution in [1.29, 1.82) is 0 Å². The summed E-state index contributed by atoms with van der Waals surface area (Å²) in [5, 5.41) is 11.2. The van der Waals surface area contributed by atoms with Gasteiger partial charge in [-0.3, -0.25) is 4.98 Å². The van der Waals surface area contributed by atoms with Gasteiger partial charge in [0.15, 0.2) is 0 Å². The Morgan fingerprint density at radius 1 is 1.25 bits per heavy atom. The molecule has 3 nitrogen and oxygen atoms in total. The van der Waals surface area contributed by atoms with Crippen molar-refractivity contribution in [3.8, 4) is 0 Å². The lowest BCUT2D eigenvalue weighted by Crippen LogP contribution is -2.48. The van der Waals surface area contributed by atoms with Gasteiger partial charge in [0, 0.05) is 30.4 Å². The highest BCUT2D eigenvalue weighted by molar-refractivity contribution is 5.87. The molecule has 0 radical (unpaired) electrons. The van der Waals surface area contributed by atoms with Gasteiger partial charge in [-0.2, -0.15) is 0 Å². The minimum atomic E-state index is -0.143. The van der Waals surface area contributed by atoms with Crippen LogP contribution in [-0.4, -0.2) is 34.2 Å². The predicted molar refractivity (Wildman–Crippen MR) is 80.0 cm³/mol. The molecule has 1 aromatic carbocycles. The largest absolute Gasteiger partial charge is 0.391 e. The van der Waals surface area contributed by atoms with E-state index in [1.807, 2.05) is 12.3 Å². The first-order valence-corrected chi connectivity index (χ1v) is 7.28. The van der Waals surface area contributed by atoms with Crippen molar-refractivity contribution < 1.29 is 5.11 Å². The number of hydrogen-bond acceptors (Lipinski definition) is 3. The van der Waals surface area contributed by atoms with Crippen molar-refractivity contribution in [3.63, 3.8) is 0 Å². The highest BCUT2D eigenvalue weighted by atomic mass is 16.3. The van der Waals surface area contributed by atoms with E-state index < -0.39 is 0 Å². The molecule has 4 heterocycles. The maximum absolute atomic E-state index is 9.98. The number of para-hydroxylation sites is 1. The van der Waals surface area contributed by atoms with Crippen LogP contribution in [0.25, 0.3) is 17.0 Å². The molecular weight excluding hydrogens is 248 g/mol. The molecule has 2 unspecified atom stereocenters. The molecule has 0 aliphatic carbocycles. The number of pyridine rings is 1. The van der Waals surface area contributed by atoms with Crippen molar-refractivity contribution in [3.05, 3.63) is 47.8 Å². The average Bonchev–Trinajstić information content (AvgIpc) is 2.49. The SMILES string of the molecule is OC1CN2CCC1C/C2=C\c1ccnc2ccccc12. The van der Waals surface area contributed by atoms with Gasteiger partial charge in [0.2, 0.25) is 0 Å². The van der Waals surface area contributed by atoms with Crippen LogP contribution in [0.3, 0.4) is 0 Å². The number of piperidine rings is 3. The van der Waals surface area contributed by atoms with Crippen molar-refractivity contribution >= 4 is 17.0 Å². The number of aromatic nitrogens is 1. The number of hydrogen-bond donors (Lipinski definition) is 1. The van der Waals surface area contributed by atoms with Gasteiger partial charge in [-0.15, -0.1) is 0 Å². The van der Waals surface area contributed by atoms with E-state index in [4.69, 9.17) is 0 Å². The second-order valence-corrected chi connectivity index (χ2v) is 5.82. The first-order chi connectivity index (χ1) is 9.81.